The van der Waals surface area contributed by atoms with Crippen LogP contribution in [0.3, 0.4) is 0 Å². The smallest absolute Gasteiger partial charge is 0.0720 e. The summed E-state index contributed by atoms with van der Waals surface area (Å²) in [7, 11) is 0. The van der Waals surface area contributed by atoms with E-state index in [9.17, 15) is 0 Å². The number of hydrogen-bond acceptors (Lipinski definition) is 4. The zero-order valence-electron chi connectivity index (χ0n) is 13.3. The summed E-state index contributed by atoms with van der Waals surface area (Å²) >= 11 is 2.07. The Bertz CT molecular complexity index is 384. The molecule has 1 N–H and O–H groups in total. The van der Waals surface area contributed by atoms with E-state index >= 15 is 0 Å². The van der Waals surface area contributed by atoms with Crippen LogP contribution in [0.15, 0.2) is 24.3 Å². The van der Waals surface area contributed by atoms with E-state index in [1.54, 1.807) is 0 Å². The molecule has 1 atom stereocenters. The van der Waals surface area contributed by atoms with Crippen LogP contribution in [0.4, 0.5) is 0 Å². The van der Waals surface area contributed by atoms with Gasteiger partial charge in [-0.05, 0) is 42.6 Å². The molecule has 22 heavy (non-hydrogen) atoms. The van der Waals surface area contributed by atoms with E-state index in [4.69, 9.17) is 9.47 Å². The van der Waals surface area contributed by atoms with Crippen LogP contribution in [-0.2, 0) is 22.6 Å². The molecule has 0 bridgehead atoms. The van der Waals surface area contributed by atoms with Gasteiger partial charge in [0.25, 0.3) is 0 Å². The minimum absolute atomic E-state index is 0.374. The second kappa shape index (κ2) is 8.92. The third-order valence-electron chi connectivity index (χ3n) is 4.43. The monoisotopic (exact) mass is 321 g/mol. The van der Waals surface area contributed by atoms with Gasteiger partial charge >= 0.3 is 0 Å². The molecular formula is C18H27NO2S. The van der Waals surface area contributed by atoms with Crippen molar-refractivity contribution in [3.05, 3.63) is 35.4 Å². The van der Waals surface area contributed by atoms with Gasteiger partial charge in [0.2, 0.25) is 0 Å². The first-order valence-corrected chi connectivity index (χ1v) is 9.64. The maximum Gasteiger partial charge on any atom is 0.0720 e. The first-order chi connectivity index (χ1) is 10.9. The molecule has 0 saturated carbocycles. The summed E-state index contributed by atoms with van der Waals surface area (Å²) in [6.45, 7) is 3.38. The molecule has 2 heterocycles. The molecule has 122 valence electrons. The molecule has 4 heteroatoms. The lowest BCUT2D eigenvalue weighted by Gasteiger charge is -2.23. The van der Waals surface area contributed by atoms with Gasteiger partial charge in [-0.15, -0.1) is 0 Å². The van der Waals surface area contributed by atoms with E-state index in [1.807, 2.05) is 0 Å². The van der Waals surface area contributed by atoms with Gasteiger partial charge in [0.1, 0.15) is 0 Å². The summed E-state index contributed by atoms with van der Waals surface area (Å²) in [5.74, 6) is 2.59. The van der Waals surface area contributed by atoms with Crippen LogP contribution in [0.2, 0.25) is 0 Å². The molecule has 2 fully saturated rings. The zero-order chi connectivity index (χ0) is 15.0. The van der Waals surface area contributed by atoms with Crippen LogP contribution in [-0.4, -0.2) is 36.9 Å². The van der Waals surface area contributed by atoms with Gasteiger partial charge in [0, 0.05) is 31.6 Å². The van der Waals surface area contributed by atoms with Crippen molar-refractivity contribution in [3.8, 4) is 0 Å². The highest BCUT2D eigenvalue weighted by atomic mass is 32.2. The number of thioether (sulfide) groups is 1. The molecule has 2 aliphatic rings. The number of hydrogen-bond donors (Lipinski definition) is 1. The third kappa shape index (κ3) is 5.27. The molecule has 0 amide bonds. The van der Waals surface area contributed by atoms with Crippen LogP contribution in [0.5, 0.6) is 0 Å². The van der Waals surface area contributed by atoms with Gasteiger partial charge in [-0.25, -0.2) is 0 Å². The van der Waals surface area contributed by atoms with Crippen molar-refractivity contribution in [2.24, 2.45) is 0 Å². The highest BCUT2D eigenvalue weighted by Crippen LogP contribution is 2.18. The predicted molar refractivity (Wildman–Crippen MR) is 92.3 cm³/mol. The van der Waals surface area contributed by atoms with Crippen molar-refractivity contribution in [1.29, 1.82) is 0 Å². The van der Waals surface area contributed by atoms with Crippen LogP contribution in [0.1, 0.15) is 36.8 Å². The second-order valence-corrected chi connectivity index (χ2v) is 7.38. The van der Waals surface area contributed by atoms with Crippen LogP contribution in [0, 0.1) is 0 Å². The Kier molecular flexibility index (Phi) is 6.61. The molecule has 3 rings (SSSR count). The summed E-state index contributed by atoms with van der Waals surface area (Å²) in [5.41, 5.74) is 2.63. The minimum atomic E-state index is 0.374. The van der Waals surface area contributed by atoms with Gasteiger partial charge in [-0.3, -0.25) is 0 Å². The summed E-state index contributed by atoms with van der Waals surface area (Å²) < 4.78 is 11.3. The Balaban J connectivity index is 1.39. The molecule has 0 aromatic heterocycles. The molecule has 3 nitrogen and oxygen atoms in total. The summed E-state index contributed by atoms with van der Waals surface area (Å²) in [6, 6.07) is 9.55. The van der Waals surface area contributed by atoms with E-state index in [1.165, 1.54) is 35.5 Å². The van der Waals surface area contributed by atoms with Gasteiger partial charge < -0.3 is 14.8 Å². The molecule has 2 aliphatic heterocycles. The lowest BCUT2D eigenvalue weighted by Crippen LogP contribution is -2.33. The molecule has 1 aromatic rings. The normalized spacial score (nSPS) is 23.5. The molecule has 2 saturated heterocycles. The number of nitrogens with one attached hydrogen (secondary N) is 1. The lowest BCUT2D eigenvalue weighted by molar-refractivity contribution is -0.0390. The van der Waals surface area contributed by atoms with Crippen molar-refractivity contribution < 1.29 is 9.47 Å². The Morgan fingerprint density at radius 2 is 1.86 bits per heavy atom. The zero-order valence-corrected chi connectivity index (χ0v) is 14.1. The highest BCUT2D eigenvalue weighted by molar-refractivity contribution is 7.99. The van der Waals surface area contributed by atoms with Crippen LogP contribution >= 0.6 is 11.8 Å². The van der Waals surface area contributed by atoms with E-state index < -0.39 is 0 Å². The molecule has 0 spiro atoms. The maximum absolute atomic E-state index is 5.97. The van der Waals surface area contributed by atoms with E-state index in [-0.39, 0.29) is 0 Å². The van der Waals surface area contributed by atoms with E-state index in [0.29, 0.717) is 12.1 Å². The fourth-order valence-corrected chi connectivity index (χ4v) is 4.08. The van der Waals surface area contributed by atoms with Crippen LogP contribution in [0.25, 0.3) is 0 Å². The fraction of sp³-hybridized carbons (Fsp3) is 0.667. The quantitative estimate of drug-likeness (QED) is 0.870. The predicted octanol–water partition coefficient (Wildman–Crippen LogP) is 3.37. The molecule has 0 aliphatic carbocycles. The van der Waals surface area contributed by atoms with E-state index in [0.717, 1.165) is 39.2 Å². The standard InChI is InChI=1S/C18H27NO2S/c1-2-17(14-22-11-1)19-12-15-3-5-16(6-4-15)13-21-18-7-9-20-10-8-18/h3-6,17-19H,1-2,7-14H2/t17-/m0/s1. The SMILES string of the molecule is c1cc(COC2CCOCC2)ccc1CN[C@H]1CCCSC1. The third-order valence-corrected chi connectivity index (χ3v) is 5.65. The topological polar surface area (TPSA) is 30.5 Å². The average Bonchev–Trinajstić information content (AvgIpc) is 2.61. The average molecular weight is 321 g/mol. The summed E-state index contributed by atoms with van der Waals surface area (Å²) in [5, 5.41) is 3.68. The number of rotatable bonds is 6. The minimum Gasteiger partial charge on any atom is -0.381 e. The molecule has 0 radical (unpaired) electrons. The van der Waals surface area contributed by atoms with Crippen molar-refractivity contribution in [1.82, 2.24) is 5.32 Å². The first kappa shape index (κ1) is 16.3. The Morgan fingerprint density at radius 3 is 2.59 bits per heavy atom. The van der Waals surface area contributed by atoms with Crippen LogP contribution < -0.4 is 5.32 Å². The largest absolute Gasteiger partial charge is 0.381 e. The molecule has 1 aromatic carbocycles. The fourth-order valence-electron chi connectivity index (χ4n) is 2.97. The lowest BCUT2D eigenvalue weighted by atomic mass is 10.1. The highest BCUT2D eigenvalue weighted by Gasteiger charge is 2.14. The van der Waals surface area contributed by atoms with Crippen molar-refractivity contribution >= 4 is 11.8 Å². The van der Waals surface area contributed by atoms with Gasteiger partial charge in [0.15, 0.2) is 0 Å². The van der Waals surface area contributed by atoms with Crippen molar-refractivity contribution in [2.45, 2.75) is 51.0 Å². The number of ether oxygens (including phenoxy) is 2. The summed E-state index contributed by atoms with van der Waals surface area (Å²) in [6.07, 6.45) is 5.11. The Morgan fingerprint density at radius 1 is 1.09 bits per heavy atom. The second-order valence-electron chi connectivity index (χ2n) is 6.23. The van der Waals surface area contributed by atoms with Crippen molar-refractivity contribution in [2.75, 3.05) is 24.7 Å². The maximum atomic E-state index is 5.97. The molecule has 0 unspecified atom stereocenters. The van der Waals surface area contributed by atoms with Gasteiger partial charge in [-0.1, -0.05) is 24.3 Å². The van der Waals surface area contributed by atoms with Gasteiger partial charge in [-0.2, -0.15) is 11.8 Å². The Labute approximate surface area is 138 Å². The summed E-state index contributed by atoms with van der Waals surface area (Å²) in [4.78, 5) is 0. The van der Waals surface area contributed by atoms with Crippen molar-refractivity contribution in [3.63, 3.8) is 0 Å². The molecular weight excluding hydrogens is 294 g/mol. The van der Waals surface area contributed by atoms with E-state index in [2.05, 4.69) is 41.3 Å². The first-order valence-electron chi connectivity index (χ1n) is 8.48. The number of benzene rings is 1. The Hall–Kier alpha value is -0.550. The van der Waals surface area contributed by atoms with Gasteiger partial charge in [0.05, 0.1) is 12.7 Å².